The molecular weight excluding hydrogens is 250 g/mol. The summed E-state index contributed by atoms with van der Waals surface area (Å²) >= 11 is 5.86. The number of aryl methyl sites for hydroxylation is 1. The second-order valence-electron chi connectivity index (χ2n) is 3.51. The maximum Gasteiger partial charge on any atom is 0.251 e. The molecule has 0 heterocycles. The van der Waals surface area contributed by atoms with Crippen LogP contribution in [0.1, 0.15) is 15.9 Å². The van der Waals surface area contributed by atoms with Crippen LogP contribution in [0.4, 0.5) is 0 Å². The van der Waals surface area contributed by atoms with Crippen molar-refractivity contribution in [1.29, 1.82) is 0 Å². The van der Waals surface area contributed by atoms with Crippen molar-refractivity contribution < 1.29 is 4.79 Å². The van der Waals surface area contributed by atoms with E-state index < -0.39 is 0 Å². The zero-order chi connectivity index (χ0) is 12.7. The lowest BCUT2D eigenvalue weighted by molar-refractivity contribution is 0.0955. The number of thioether (sulfide) groups is 1. The first-order chi connectivity index (χ1) is 8.15. The van der Waals surface area contributed by atoms with Crippen LogP contribution in [0.5, 0.6) is 0 Å². The Balaban J connectivity index is 2.47. The van der Waals surface area contributed by atoms with Crippen LogP contribution < -0.4 is 5.32 Å². The summed E-state index contributed by atoms with van der Waals surface area (Å²) in [5.41, 5.74) is 1.64. The summed E-state index contributed by atoms with van der Waals surface area (Å²) in [6, 6.07) is 5.55. The van der Waals surface area contributed by atoms with Crippen molar-refractivity contribution in [2.45, 2.75) is 11.8 Å². The van der Waals surface area contributed by atoms with Gasteiger partial charge in [0.2, 0.25) is 0 Å². The Bertz CT molecular complexity index is 438. The van der Waals surface area contributed by atoms with Crippen molar-refractivity contribution in [3.8, 4) is 12.3 Å². The maximum atomic E-state index is 11.9. The minimum absolute atomic E-state index is 0.0558. The second kappa shape index (κ2) is 7.31. The van der Waals surface area contributed by atoms with Crippen LogP contribution in [0.3, 0.4) is 0 Å². The number of carbonyl (C=O) groups is 1. The highest BCUT2D eigenvalue weighted by Crippen LogP contribution is 2.13. The number of amides is 1. The zero-order valence-corrected chi connectivity index (χ0v) is 11.4. The Kier molecular flexibility index (Phi) is 6.03. The third-order valence-electron chi connectivity index (χ3n) is 2.18. The van der Waals surface area contributed by atoms with Gasteiger partial charge in [-0.05, 0) is 24.6 Å². The first kappa shape index (κ1) is 14.0. The van der Waals surface area contributed by atoms with Gasteiger partial charge < -0.3 is 5.32 Å². The Morgan fingerprint density at radius 2 is 2.35 bits per heavy atom. The van der Waals surface area contributed by atoms with Gasteiger partial charge in [0.05, 0.1) is 5.75 Å². The van der Waals surface area contributed by atoms with Gasteiger partial charge in [0.15, 0.2) is 0 Å². The molecule has 90 valence electrons. The van der Waals surface area contributed by atoms with Gasteiger partial charge in [0, 0.05) is 22.8 Å². The number of hydrogen-bond acceptors (Lipinski definition) is 3. The molecule has 1 rings (SSSR count). The highest BCUT2D eigenvalue weighted by atomic mass is 32.2. The minimum Gasteiger partial charge on any atom is -0.351 e. The Morgan fingerprint density at radius 3 is 3.06 bits per heavy atom. The summed E-state index contributed by atoms with van der Waals surface area (Å²) in [5, 5.41) is 2.86. The van der Waals surface area contributed by atoms with Gasteiger partial charge in [0.1, 0.15) is 0 Å². The van der Waals surface area contributed by atoms with Crippen molar-refractivity contribution in [3.63, 3.8) is 0 Å². The average molecular weight is 265 g/mol. The third kappa shape index (κ3) is 4.76. The van der Waals surface area contributed by atoms with Gasteiger partial charge in [0.25, 0.3) is 5.91 Å². The molecule has 0 aromatic heterocycles. The van der Waals surface area contributed by atoms with Crippen LogP contribution in [-0.2, 0) is 0 Å². The van der Waals surface area contributed by atoms with Crippen molar-refractivity contribution in [3.05, 3.63) is 29.3 Å². The molecule has 0 saturated carbocycles. The van der Waals surface area contributed by atoms with Gasteiger partial charge in [-0.3, -0.25) is 4.79 Å². The number of nitrogens with one attached hydrogen (secondary N) is 1. The monoisotopic (exact) mass is 265 g/mol. The van der Waals surface area contributed by atoms with E-state index in [0.717, 1.165) is 16.2 Å². The summed E-state index contributed by atoms with van der Waals surface area (Å²) in [7, 11) is 0. The topological polar surface area (TPSA) is 29.1 Å². The molecule has 0 aliphatic heterocycles. The molecule has 1 N–H and O–H groups in total. The summed E-state index contributed by atoms with van der Waals surface area (Å²) in [5.74, 6) is 4.00. The largest absolute Gasteiger partial charge is 0.351 e. The van der Waals surface area contributed by atoms with E-state index >= 15 is 0 Å². The van der Waals surface area contributed by atoms with E-state index in [1.54, 1.807) is 17.8 Å². The van der Waals surface area contributed by atoms with Crippen LogP contribution >= 0.6 is 24.4 Å². The zero-order valence-electron chi connectivity index (χ0n) is 9.69. The van der Waals surface area contributed by atoms with Gasteiger partial charge >= 0.3 is 0 Å². The molecule has 0 radical (unpaired) electrons. The standard InChI is InChI=1S/C13H15NOS2/c1-3-7-17-8-6-14-13(15)12-9-11(16)5-4-10(12)2/h1,4-5,9,16H,6-8H2,2H3,(H,14,15). The first-order valence-corrected chi connectivity index (χ1v) is 6.84. The van der Waals surface area contributed by atoms with Crippen molar-refractivity contribution in [1.82, 2.24) is 5.32 Å². The number of hydrogen-bond donors (Lipinski definition) is 2. The third-order valence-corrected chi connectivity index (χ3v) is 3.32. The molecule has 0 aliphatic rings. The smallest absolute Gasteiger partial charge is 0.251 e. The molecule has 1 aromatic rings. The van der Waals surface area contributed by atoms with Crippen LogP contribution in [0.15, 0.2) is 23.1 Å². The summed E-state index contributed by atoms with van der Waals surface area (Å²) in [6.45, 7) is 2.54. The van der Waals surface area contributed by atoms with Gasteiger partial charge in [-0.1, -0.05) is 12.0 Å². The van der Waals surface area contributed by atoms with Crippen molar-refractivity contribution in [2.24, 2.45) is 0 Å². The minimum atomic E-state index is -0.0558. The van der Waals surface area contributed by atoms with Crippen molar-refractivity contribution >= 4 is 30.3 Å². The molecule has 0 atom stereocenters. The summed E-state index contributed by atoms with van der Waals surface area (Å²) in [4.78, 5) is 12.6. The van der Waals surface area contributed by atoms with E-state index in [1.165, 1.54) is 0 Å². The molecule has 0 aliphatic carbocycles. The predicted molar refractivity (Wildman–Crippen MR) is 76.9 cm³/mol. The van der Waals surface area contributed by atoms with Gasteiger partial charge in [-0.2, -0.15) is 0 Å². The number of benzene rings is 1. The lowest BCUT2D eigenvalue weighted by Crippen LogP contribution is -2.26. The molecule has 0 saturated heterocycles. The fourth-order valence-electron chi connectivity index (χ4n) is 1.32. The molecule has 17 heavy (non-hydrogen) atoms. The van der Waals surface area contributed by atoms with Gasteiger partial charge in [-0.15, -0.1) is 30.8 Å². The number of rotatable bonds is 5. The Labute approximate surface area is 112 Å². The lowest BCUT2D eigenvalue weighted by atomic mass is 10.1. The van der Waals surface area contributed by atoms with Crippen LogP contribution in [0.25, 0.3) is 0 Å². The molecule has 1 amide bonds. The molecule has 4 heteroatoms. The molecular formula is C13H15NOS2. The van der Waals surface area contributed by atoms with E-state index in [4.69, 9.17) is 6.42 Å². The number of carbonyl (C=O) groups excluding carboxylic acids is 1. The average Bonchev–Trinajstić information content (AvgIpc) is 2.32. The first-order valence-electron chi connectivity index (χ1n) is 5.24. The van der Waals surface area contributed by atoms with Crippen LogP contribution in [0, 0.1) is 19.3 Å². The van der Waals surface area contributed by atoms with E-state index in [1.807, 2.05) is 19.1 Å². The van der Waals surface area contributed by atoms with E-state index in [-0.39, 0.29) is 5.91 Å². The highest BCUT2D eigenvalue weighted by Gasteiger charge is 2.08. The molecule has 2 nitrogen and oxygen atoms in total. The van der Waals surface area contributed by atoms with E-state index in [0.29, 0.717) is 17.9 Å². The SMILES string of the molecule is C#CCSCCNC(=O)c1cc(S)ccc1C. The van der Waals surface area contributed by atoms with Gasteiger partial charge in [-0.25, -0.2) is 0 Å². The molecule has 0 spiro atoms. The molecule has 0 fully saturated rings. The fourth-order valence-corrected chi connectivity index (χ4v) is 2.03. The van der Waals surface area contributed by atoms with Crippen LogP contribution in [-0.4, -0.2) is 24.0 Å². The Hall–Kier alpha value is -1.05. The molecule has 0 unspecified atom stereocenters. The van der Waals surface area contributed by atoms with Crippen molar-refractivity contribution in [2.75, 3.05) is 18.1 Å². The quantitative estimate of drug-likeness (QED) is 0.486. The molecule has 1 aromatic carbocycles. The summed E-state index contributed by atoms with van der Waals surface area (Å²) < 4.78 is 0. The Morgan fingerprint density at radius 1 is 1.59 bits per heavy atom. The number of thiol groups is 1. The number of terminal acetylenes is 1. The lowest BCUT2D eigenvalue weighted by Gasteiger charge is -2.07. The normalized spacial score (nSPS) is 9.71. The predicted octanol–water partition coefficient (Wildman–Crippen LogP) is 2.38. The van der Waals surface area contributed by atoms with E-state index in [9.17, 15) is 4.79 Å². The fraction of sp³-hybridized carbons (Fsp3) is 0.308. The summed E-state index contributed by atoms with van der Waals surface area (Å²) in [6.07, 6.45) is 5.13. The van der Waals surface area contributed by atoms with Crippen LogP contribution in [0.2, 0.25) is 0 Å². The van der Waals surface area contributed by atoms with E-state index in [2.05, 4.69) is 23.9 Å². The maximum absolute atomic E-state index is 11.9. The highest BCUT2D eigenvalue weighted by molar-refractivity contribution is 7.99. The second-order valence-corrected chi connectivity index (χ2v) is 5.13. The molecule has 0 bridgehead atoms.